The highest BCUT2D eigenvalue weighted by Crippen LogP contribution is 2.46. The first kappa shape index (κ1) is 53.0. The van der Waals surface area contributed by atoms with Gasteiger partial charge in [-0.2, -0.15) is 9.97 Å². The van der Waals surface area contributed by atoms with Crippen LogP contribution in [0.1, 0.15) is 0 Å². The molecule has 0 saturated carbocycles. The van der Waals surface area contributed by atoms with Crippen molar-refractivity contribution in [3.63, 3.8) is 0 Å². The van der Waals surface area contributed by atoms with E-state index < -0.39 is 0 Å². The molecule has 0 amide bonds. The molecule has 6 heterocycles. The van der Waals surface area contributed by atoms with Crippen molar-refractivity contribution in [2.75, 3.05) is 0 Å². The van der Waals surface area contributed by atoms with Gasteiger partial charge in [0.25, 0.3) is 0 Å². The van der Waals surface area contributed by atoms with Crippen LogP contribution in [-0.2, 0) is 0 Å². The summed E-state index contributed by atoms with van der Waals surface area (Å²) in [5.41, 5.74) is 20.5. The van der Waals surface area contributed by atoms with Gasteiger partial charge in [0, 0.05) is 76.6 Å². The van der Waals surface area contributed by atoms with Crippen LogP contribution in [0.3, 0.4) is 0 Å². The van der Waals surface area contributed by atoms with Gasteiger partial charge in [-0.25, -0.2) is 15.0 Å². The number of nitrogens with zero attached hydrogens (tertiary/aromatic N) is 9. The fourth-order valence-electron chi connectivity index (χ4n) is 14.5. The first-order valence-electron chi connectivity index (χ1n) is 31.7. The zero-order valence-corrected chi connectivity index (χ0v) is 50.6. The molecule has 0 aliphatic carbocycles. The standard InChI is InChI=1S/C85H53N9/c1-5-25-54(26-6-1)82-86-68(53-69(87-82)63-36-16-22-42-73(63)93-75-44-24-18-38-65(75)81-79(93)50-49-78-80(81)64-37-17-23-43-74(64)91(78)59-31-11-4-12-32-59)62-35-15-21-41-72(62)92-70-39-19-13-33-60(70)66-51-57(45-47-76(66)92)58-46-48-77-67(52-58)61-34-14-20-40-71(61)94(77)85-89-83(55-27-7-2-8-28-55)88-84(90-85)56-29-9-3-10-30-56/h1-53H. The van der Waals surface area contributed by atoms with Gasteiger partial charge in [-0.3, -0.25) is 4.57 Å². The summed E-state index contributed by atoms with van der Waals surface area (Å²) in [5, 5.41) is 9.36. The van der Waals surface area contributed by atoms with Crippen molar-refractivity contribution in [1.29, 1.82) is 0 Å². The lowest BCUT2D eigenvalue weighted by Gasteiger charge is -2.17. The molecular weight excluding hydrogens is 1150 g/mol. The molecule has 6 aromatic heterocycles. The number of fused-ring (bicyclic) bond motifs is 13. The first-order valence-corrected chi connectivity index (χ1v) is 31.7. The molecule has 0 fully saturated rings. The number of para-hydroxylation sites is 7. The van der Waals surface area contributed by atoms with Crippen molar-refractivity contribution < 1.29 is 0 Å². The predicted molar refractivity (Wildman–Crippen MR) is 385 cm³/mol. The zero-order chi connectivity index (χ0) is 61.8. The Balaban J connectivity index is 0.758. The number of rotatable bonds is 10. The Kier molecular flexibility index (Phi) is 12.1. The molecule has 0 radical (unpaired) electrons. The summed E-state index contributed by atoms with van der Waals surface area (Å²) in [6.07, 6.45) is 0. The van der Waals surface area contributed by atoms with Gasteiger partial charge in [0.05, 0.1) is 66.9 Å². The average molecular weight is 1200 g/mol. The van der Waals surface area contributed by atoms with Crippen LogP contribution in [0.4, 0.5) is 0 Å². The van der Waals surface area contributed by atoms with Crippen molar-refractivity contribution >= 4 is 87.2 Å². The minimum absolute atomic E-state index is 0.561. The molecule has 19 rings (SSSR count). The molecule has 9 heteroatoms. The maximum absolute atomic E-state index is 5.53. The van der Waals surface area contributed by atoms with Gasteiger partial charge in [0.1, 0.15) is 0 Å². The number of benzene rings is 13. The largest absolute Gasteiger partial charge is 0.309 e. The van der Waals surface area contributed by atoms with Crippen LogP contribution in [0.5, 0.6) is 0 Å². The van der Waals surface area contributed by atoms with Crippen LogP contribution in [0.25, 0.3) is 178 Å². The van der Waals surface area contributed by atoms with E-state index in [1.807, 2.05) is 66.7 Å². The number of aromatic nitrogens is 9. The molecule has 0 aliphatic rings. The van der Waals surface area contributed by atoms with Gasteiger partial charge in [0.15, 0.2) is 17.5 Å². The highest BCUT2D eigenvalue weighted by atomic mass is 15.2. The van der Waals surface area contributed by atoms with Gasteiger partial charge in [-0.15, -0.1) is 0 Å². The second-order valence-electron chi connectivity index (χ2n) is 23.9. The highest BCUT2D eigenvalue weighted by molar-refractivity contribution is 6.29. The molecule has 0 N–H and O–H groups in total. The Morgan fingerprint density at radius 2 is 0.543 bits per heavy atom. The van der Waals surface area contributed by atoms with Gasteiger partial charge in [0.2, 0.25) is 5.95 Å². The molecule has 438 valence electrons. The highest BCUT2D eigenvalue weighted by Gasteiger charge is 2.25. The molecule has 9 nitrogen and oxygen atoms in total. The first-order chi connectivity index (χ1) is 46.6. The third kappa shape index (κ3) is 8.38. The third-order valence-electron chi connectivity index (χ3n) is 18.7. The van der Waals surface area contributed by atoms with Gasteiger partial charge < -0.3 is 13.7 Å². The van der Waals surface area contributed by atoms with E-state index in [2.05, 4.69) is 273 Å². The summed E-state index contributed by atoms with van der Waals surface area (Å²) >= 11 is 0. The van der Waals surface area contributed by atoms with E-state index in [4.69, 9.17) is 24.9 Å². The lowest BCUT2D eigenvalue weighted by molar-refractivity contribution is 0.953. The fraction of sp³-hybridized carbons (Fsp3) is 0. The average Bonchev–Trinajstić information content (AvgIpc) is 1.55. The molecule has 0 bridgehead atoms. The van der Waals surface area contributed by atoms with Crippen LogP contribution in [0, 0.1) is 0 Å². The SMILES string of the molecule is c1ccc(-c2nc(-c3ccccc3-n3c4ccccc4c4cc(-c5ccc6c(c5)c5ccccc5n6-c5nc(-c6ccccc6)nc(-c6ccccc6)n5)ccc43)cc(-c3ccccc3-n3c4ccccc4c4c5c6ccccc6n(-c6ccccc6)c5ccc43)n2)cc1. The van der Waals surface area contributed by atoms with Gasteiger partial charge >= 0.3 is 0 Å². The van der Waals surface area contributed by atoms with E-state index in [1.54, 1.807) is 0 Å². The van der Waals surface area contributed by atoms with Crippen molar-refractivity contribution in [2.45, 2.75) is 0 Å². The molecule has 19 aromatic rings. The lowest BCUT2D eigenvalue weighted by Crippen LogP contribution is -2.06. The van der Waals surface area contributed by atoms with Crippen LogP contribution < -0.4 is 0 Å². The normalized spacial score (nSPS) is 11.8. The summed E-state index contributed by atoms with van der Waals surface area (Å²) < 4.78 is 9.43. The smallest absolute Gasteiger partial charge is 0.238 e. The monoisotopic (exact) mass is 1200 g/mol. The van der Waals surface area contributed by atoms with E-state index in [-0.39, 0.29) is 0 Å². The van der Waals surface area contributed by atoms with Crippen LogP contribution >= 0.6 is 0 Å². The lowest BCUT2D eigenvalue weighted by atomic mass is 10.0. The second-order valence-corrected chi connectivity index (χ2v) is 23.9. The molecule has 0 spiro atoms. The van der Waals surface area contributed by atoms with Crippen LogP contribution in [0.2, 0.25) is 0 Å². The summed E-state index contributed by atoms with van der Waals surface area (Å²) in [5.74, 6) is 2.43. The molecule has 13 aromatic carbocycles. The van der Waals surface area contributed by atoms with Gasteiger partial charge in [-0.1, -0.05) is 231 Å². The topological polar surface area (TPSA) is 84.2 Å². The molecule has 0 atom stereocenters. The molecule has 0 saturated heterocycles. The van der Waals surface area contributed by atoms with Crippen molar-refractivity contribution in [2.24, 2.45) is 0 Å². The van der Waals surface area contributed by atoms with E-state index in [0.717, 1.165) is 122 Å². The molecular formula is C85H53N9. The Morgan fingerprint density at radius 3 is 1.04 bits per heavy atom. The Labute approximate surface area is 539 Å². The minimum atomic E-state index is 0.561. The van der Waals surface area contributed by atoms with E-state index in [1.165, 1.54) is 32.6 Å². The molecule has 0 aliphatic heterocycles. The predicted octanol–water partition coefficient (Wildman–Crippen LogP) is 21.1. The maximum atomic E-state index is 5.53. The van der Waals surface area contributed by atoms with E-state index in [9.17, 15) is 0 Å². The molecule has 0 unspecified atom stereocenters. The third-order valence-corrected chi connectivity index (χ3v) is 18.7. The van der Waals surface area contributed by atoms with Crippen LogP contribution in [0.15, 0.2) is 322 Å². The minimum Gasteiger partial charge on any atom is -0.309 e. The summed E-state index contributed by atoms with van der Waals surface area (Å²) in [6.45, 7) is 0. The summed E-state index contributed by atoms with van der Waals surface area (Å²) in [7, 11) is 0. The van der Waals surface area contributed by atoms with Crippen molar-refractivity contribution in [1.82, 2.24) is 43.2 Å². The van der Waals surface area contributed by atoms with E-state index in [0.29, 0.717) is 23.4 Å². The fourth-order valence-corrected chi connectivity index (χ4v) is 14.5. The van der Waals surface area contributed by atoms with Crippen molar-refractivity contribution in [3.8, 4) is 90.8 Å². The zero-order valence-electron chi connectivity index (χ0n) is 50.6. The maximum Gasteiger partial charge on any atom is 0.238 e. The van der Waals surface area contributed by atoms with E-state index >= 15 is 0 Å². The van der Waals surface area contributed by atoms with Crippen LogP contribution in [-0.4, -0.2) is 43.2 Å². The summed E-state index contributed by atoms with van der Waals surface area (Å²) in [4.78, 5) is 26.4. The number of hydrogen-bond donors (Lipinski definition) is 0. The second kappa shape index (κ2) is 21.4. The van der Waals surface area contributed by atoms with Crippen molar-refractivity contribution in [3.05, 3.63) is 322 Å². The Hall–Kier alpha value is -12.9. The Morgan fingerprint density at radius 1 is 0.202 bits per heavy atom. The summed E-state index contributed by atoms with van der Waals surface area (Å²) in [6, 6.07) is 114. The molecule has 94 heavy (non-hydrogen) atoms. The van der Waals surface area contributed by atoms with Gasteiger partial charge in [-0.05, 0) is 102 Å². The quantitative estimate of drug-likeness (QED) is 0.136. The Bertz CT molecular complexity index is 6160. The number of hydrogen-bond acceptors (Lipinski definition) is 5.